The lowest BCUT2D eigenvalue weighted by molar-refractivity contribution is 0.0531. The second-order valence-electron chi connectivity index (χ2n) is 5.03. The summed E-state index contributed by atoms with van der Waals surface area (Å²) in [4.78, 5) is 29.0. The molecule has 1 amide bonds. The predicted molar refractivity (Wildman–Crippen MR) is 103 cm³/mol. The molecule has 0 fully saturated rings. The molecule has 140 valence electrons. The van der Waals surface area contributed by atoms with E-state index in [-0.39, 0.29) is 12.5 Å². The van der Waals surface area contributed by atoms with Crippen molar-refractivity contribution in [3.8, 4) is 11.5 Å². The van der Waals surface area contributed by atoms with Crippen molar-refractivity contribution in [2.24, 2.45) is 0 Å². The summed E-state index contributed by atoms with van der Waals surface area (Å²) in [6.45, 7) is 6.02. The molecule has 1 aromatic carbocycles. The number of aryl methyl sites for hydroxylation is 1. The fourth-order valence-corrected chi connectivity index (χ4v) is 3.55. The lowest BCUT2D eigenvalue weighted by atomic mass is 10.2. The zero-order chi connectivity index (χ0) is 19.3. The van der Waals surface area contributed by atoms with Gasteiger partial charge in [0.15, 0.2) is 16.6 Å². The molecular formula is C17H19BrN2O5S. The van der Waals surface area contributed by atoms with E-state index in [0.29, 0.717) is 43.8 Å². The maximum atomic E-state index is 12.5. The third-order valence-electron chi connectivity index (χ3n) is 3.26. The number of halogens is 1. The van der Waals surface area contributed by atoms with Crippen LogP contribution in [0.25, 0.3) is 0 Å². The van der Waals surface area contributed by atoms with Crippen LogP contribution in [0.4, 0.5) is 5.13 Å². The van der Waals surface area contributed by atoms with Gasteiger partial charge in [-0.1, -0.05) is 11.3 Å². The molecule has 0 atom stereocenters. The zero-order valence-corrected chi connectivity index (χ0v) is 17.2. The van der Waals surface area contributed by atoms with Crippen LogP contribution < -0.4 is 14.8 Å². The molecule has 0 unspecified atom stereocenters. The second kappa shape index (κ2) is 9.00. The molecule has 2 rings (SSSR count). The fraction of sp³-hybridized carbons (Fsp3) is 0.353. The van der Waals surface area contributed by atoms with E-state index in [1.165, 1.54) is 7.11 Å². The van der Waals surface area contributed by atoms with E-state index >= 15 is 0 Å². The van der Waals surface area contributed by atoms with Crippen LogP contribution in [0.1, 0.15) is 39.6 Å². The maximum Gasteiger partial charge on any atom is 0.350 e. The Kier molecular flexibility index (Phi) is 6.98. The van der Waals surface area contributed by atoms with Gasteiger partial charge in [0, 0.05) is 5.56 Å². The Bertz CT molecular complexity index is 822. The first-order valence-corrected chi connectivity index (χ1v) is 9.48. The van der Waals surface area contributed by atoms with Crippen molar-refractivity contribution < 1.29 is 23.8 Å². The third kappa shape index (κ3) is 4.53. The molecule has 2 aromatic rings. The van der Waals surface area contributed by atoms with E-state index in [9.17, 15) is 9.59 Å². The highest BCUT2D eigenvalue weighted by molar-refractivity contribution is 9.10. The van der Waals surface area contributed by atoms with Crippen molar-refractivity contribution in [3.63, 3.8) is 0 Å². The van der Waals surface area contributed by atoms with Crippen molar-refractivity contribution >= 4 is 44.3 Å². The first kappa shape index (κ1) is 20.2. The molecule has 9 heteroatoms. The highest BCUT2D eigenvalue weighted by Gasteiger charge is 2.20. The van der Waals surface area contributed by atoms with Crippen LogP contribution in [0.5, 0.6) is 11.5 Å². The number of benzene rings is 1. The number of thiazole rings is 1. The Morgan fingerprint density at radius 1 is 1.27 bits per heavy atom. The van der Waals surface area contributed by atoms with Crippen molar-refractivity contribution in [3.05, 3.63) is 32.7 Å². The maximum absolute atomic E-state index is 12.5. The van der Waals surface area contributed by atoms with Crippen LogP contribution in [0.15, 0.2) is 16.6 Å². The minimum Gasteiger partial charge on any atom is -0.493 e. The Labute approximate surface area is 163 Å². The molecule has 26 heavy (non-hydrogen) atoms. The molecule has 1 N–H and O–H groups in total. The number of carbonyl (C=O) groups excluding carboxylic acids is 2. The van der Waals surface area contributed by atoms with Gasteiger partial charge >= 0.3 is 5.97 Å². The molecule has 0 saturated heterocycles. The van der Waals surface area contributed by atoms with Gasteiger partial charge in [-0.2, -0.15) is 0 Å². The third-order valence-corrected chi connectivity index (χ3v) is 4.90. The lowest BCUT2D eigenvalue weighted by Gasteiger charge is -2.13. The average molecular weight is 443 g/mol. The van der Waals surface area contributed by atoms with E-state index in [1.807, 2.05) is 6.92 Å². The Hall–Kier alpha value is -2.13. The number of carbonyl (C=O) groups is 2. The number of anilines is 1. The molecule has 0 aliphatic carbocycles. The van der Waals surface area contributed by atoms with Crippen LogP contribution in [0.2, 0.25) is 0 Å². The van der Waals surface area contributed by atoms with Gasteiger partial charge in [0.05, 0.1) is 30.5 Å². The summed E-state index contributed by atoms with van der Waals surface area (Å²) >= 11 is 4.46. The first-order valence-electron chi connectivity index (χ1n) is 7.87. The standard InChI is InChI=1S/C17H19BrN2O5S/c1-5-24-13-11(18)7-10(8-12(13)23-4)15(21)20-17-19-9(3)14(26-17)16(22)25-6-2/h7-8H,5-6H2,1-4H3,(H,19,20,21). The number of hydrogen-bond acceptors (Lipinski definition) is 7. The molecule has 0 spiro atoms. The highest BCUT2D eigenvalue weighted by atomic mass is 79.9. The Balaban J connectivity index is 2.24. The minimum atomic E-state index is -0.450. The number of nitrogens with one attached hydrogen (secondary N) is 1. The number of amides is 1. The molecule has 0 radical (unpaired) electrons. The summed E-state index contributed by atoms with van der Waals surface area (Å²) in [6.07, 6.45) is 0. The average Bonchev–Trinajstić information content (AvgIpc) is 2.97. The summed E-state index contributed by atoms with van der Waals surface area (Å²) in [5.41, 5.74) is 0.872. The van der Waals surface area contributed by atoms with Crippen LogP contribution in [0.3, 0.4) is 0 Å². The number of rotatable bonds is 7. The topological polar surface area (TPSA) is 86.8 Å². The summed E-state index contributed by atoms with van der Waals surface area (Å²) in [6, 6.07) is 3.22. The number of nitrogens with zero attached hydrogens (tertiary/aromatic N) is 1. The molecule has 1 aromatic heterocycles. The Morgan fingerprint density at radius 2 is 2.00 bits per heavy atom. The van der Waals surface area contributed by atoms with Gasteiger partial charge < -0.3 is 14.2 Å². The highest BCUT2D eigenvalue weighted by Crippen LogP contribution is 2.37. The van der Waals surface area contributed by atoms with Gasteiger partial charge in [-0.05, 0) is 48.8 Å². The quantitative estimate of drug-likeness (QED) is 0.650. The molecule has 0 bridgehead atoms. The molecule has 7 nitrogen and oxygen atoms in total. The van der Waals surface area contributed by atoms with Gasteiger partial charge in [0.25, 0.3) is 5.91 Å². The summed E-state index contributed by atoms with van der Waals surface area (Å²) in [5, 5.41) is 3.01. The van der Waals surface area contributed by atoms with Gasteiger partial charge in [0.1, 0.15) is 4.88 Å². The van der Waals surface area contributed by atoms with E-state index < -0.39 is 5.97 Å². The smallest absolute Gasteiger partial charge is 0.350 e. The van der Waals surface area contributed by atoms with E-state index in [1.54, 1.807) is 26.0 Å². The van der Waals surface area contributed by atoms with Crippen molar-refractivity contribution in [1.82, 2.24) is 4.98 Å². The lowest BCUT2D eigenvalue weighted by Crippen LogP contribution is -2.12. The normalized spacial score (nSPS) is 10.3. The molecular weight excluding hydrogens is 424 g/mol. The molecule has 0 aliphatic rings. The van der Waals surface area contributed by atoms with Crippen LogP contribution >= 0.6 is 27.3 Å². The summed E-state index contributed by atoms with van der Waals surface area (Å²) in [5.74, 6) is 0.139. The number of methoxy groups -OCH3 is 1. The van der Waals surface area contributed by atoms with Crippen molar-refractivity contribution in [2.45, 2.75) is 20.8 Å². The van der Waals surface area contributed by atoms with Crippen LogP contribution in [-0.2, 0) is 4.74 Å². The first-order chi connectivity index (χ1) is 12.4. The van der Waals surface area contributed by atoms with Gasteiger partial charge in [0.2, 0.25) is 0 Å². The SMILES string of the molecule is CCOC(=O)c1sc(NC(=O)c2cc(Br)c(OCC)c(OC)c2)nc1C. The van der Waals surface area contributed by atoms with E-state index in [0.717, 1.165) is 11.3 Å². The predicted octanol–water partition coefficient (Wildman–Crippen LogP) is 4.05. The van der Waals surface area contributed by atoms with E-state index in [4.69, 9.17) is 14.2 Å². The number of aromatic nitrogens is 1. The monoisotopic (exact) mass is 442 g/mol. The zero-order valence-electron chi connectivity index (χ0n) is 14.8. The minimum absolute atomic E-state index is 0.276. The number of esters is 1. The second-order valence-corrected chi connectivity index (χ2v) is 6.88. The molecule has 1 heterocycles. The van der Waals surface area contributed by atoms with Crippen LogP contribution in [-0.4, -0.2) is 37.2 Å². The van der Waals surface area contributed by atoms with E-state index in [2.05, 4.69) is 26.2 Å². The summed E-state index contributed by atoms with van der Waals surface area (Å²) in [7, 11) is 1.50. The van der Waals surface area contributed by atoms with Crippen molar-refractivity contribution in [1.29, 1.82) is 0 Å². The molecule has 0 aliphatic heterocycles. The van der Waals surface area contributed by atoms with Gasteiger partial charge in [-0.3, -0.25) is 10.1 Å². The van der Waals surface area contributed by atoms with Crippen LogP contribution in [0, 0.1) is 6.92 Å². The van der Waals surface area contributed by atoms with Crippen molar-refractivity contribution in [2.75, 3.05) is 25.6 Å². The van der Waals surface area contributed by atoms with Gasteiger partial charge in [-0.25, -0.2) is 9.78 Å². The number of ether oxygens (including phenoxy) is 3. The molecule has 0 saturated carbocycles. The fourth-order valence-electron chi connectivity index (χ4n) is 2.14. The number of hydrogen-bond donors (Lipinski definition) is 1. The largest absolute Gasteiger partial charge is 0.493 e. The Morgan fingerprint density at radius 3 is 2.62 bits per heavy atom. The summed E-state index contributed by atoms with van der Waals surface area (Å²) < 4.78 is 16.4. The van der Waals surface area contributed by atoms with Gasteiger partial charge in [-0.15, -0.1) is 0 Å².